The molecule has 1 aliphatic rings. The SMILES string of the molecule is CC1CCN(c2ccc(C(=O)OC(C)C(=O)Nc3cccnc3Cl)cc2[N+](=O)[O-])CC1. The zero-order chi connectivity index (χ0) is 22.5. The zero-order valence-corrected chi connectivity index (χ0v) is 18.0. The monoisotopic (exact) mass is 446 g/mol. The number of aromatic nitrogens is 1. The van der Waals surface area contributed by atoms with E-state index in [1.807, 2.05) is 4.90 Å². The van der Waals surface area contributed by atoms with Crippen LogP contribution < -0.4 is 10.2 Å². The van der Waals surface area contributed by atoms with Gasteiger partial charge in [-0.2, -0.15) is 0 Å². The number of carbonyl (C=O) groups excluding carboxylic acids is 2. The maximum Gasteiger partial charge on any atom is 0.339 e. The molecule has 9 nitrogen and oxygen atoms in total. The molecule has 0 bridgehead atoms. The second kappa shape index (κ2) is 9.74. The Morgan fingerprint density at radius 2 is 2.03 bits per heavy atom. The van der Waals surface area contributed by atoms with Crippen molar-refractivity contribution < 1.29 is 19.2 Å². The van der Waals surface area contributed by atoms with Crippen LogP contribution in [0.2, 0.25) is 5.15 Å². The number of halogens is 1. The van der Waals surface area contributed by atoms with E-state index in [1.54, 1.807) is 18.2 Å². The number of nitro groups is 1. The van der Waals surface area contributed by atoms with Gasteiger partial charge in [0.15, 0.2) is 11.3 Å². The van der Waals surface area contributed by atoms with Crippen LogP contribution in [0.1, 0.15) is 37.0 Å². The molecule has 0 saturated carbocycles. The highest BCUT2D eigenvalue weighted by atomic mass is 35.5. The van der Waals surface area contributed by atoms with Gasteiger partial charge < -0.3 is 15.0 Å². The van der Waals surface area contributed by atoms with Crippen molar-refractivity contribution in [1.29, 1.82) is 0 Å². The predicted octanol–water partition coefficient (Wildman–Crippen LogP) is 4.06. The Balaban J connectivity index is 1.71. The maximum atomic E-state index is 12.5. The van der Waals surface area contributed by atoms with Crippen molar-refractivity contribution in [3.63, 3.8) is 0 Å². The normalized spacial score (nSPS) is 15.3. The number of nitrogens with one attached hydrogen (secondary N) is 1. The van der Waals surface area contributed by atoms with Crippen molar-refractivity contribution in [2.24, 2.45) is 5.92 Å². The first-order valence-electron chi connectivity index (χ1n) is 9.92. The molecule has 0 radical (unpaired) electrons. The molecule has 1 aromatic carbocycles. The molecule has 2 aromatic rings. The van der Waals surface area contributed by atoms with Crippen molar-refractivity contribution in [1.82, 2.24) is 4.98 Å². The summed E-state index contributed by atoms with van der Waals surface area (Å²) in [5, 5.41) is 14.2. The number of nitrogens with zero attached hydrogens (tertiary/aromatic N) is 3. The van der Waals surface area contributed by atoms with Gasteiger partial charge in [-0.25, -0.2) is 9.78 Å². The highest BCUT2D eigenvalue weighted by molar-refractivity contribution is 6.32. The van der Waals surface area contributed by atoms with Gasteiger partial charge in [-0.3, -0.25) is 14.9 Å². The second-order valence-corrected chi connectivity index (χ2v) is 7.87. The maximum absolute atomic E-state index is 12.5. The summed E-state index contributed by atoms with van der Waals surface area (Å²) < 4.78 is 5.19. The average molecular weight is 447 g/mol. The smallest absolute Gasteiger partial charge is 0.339 e. The third kappa shape index (κ3) is 5.49. The van der Waals surface area contributed by atoms with E-state index in [-0.39, 0.29) is 22.1 Å². The number of carbonyl (C=O) groups is 2. The summed E-state index contributed by atoms with van der Waals surface area (Å²) in [6.07, 6.45) is 2.23. The van der Waals surface area contributed by atoms with Gasteiger partial charge in [0.2, 0.25) is 0 Å². The van der Waals surface area contributed by atoms with E-state index in [2.05, 4.69) is 17.2 Å². The van der Waals surface area contributed by atoms with Crippen LogP contribution in [0.3, 0.4) is 0 Å². The van der Waals surface area contributed by atoms with E-state index in [9.17, 15) is 19.7 Å². The van der Waals surface area contributed by atoms with E-state index in [1.165, 1.54) is 25.3 Å². The number of nitro benzene ring substituents is 1. The highest BCUT2D eigenvalue weighted by Crippen LogP contribution is 2.32. The molecule has 3 rings (SSSR count). The van der Waals surface area contributed by atoms with Crippen LogP contribution in [0.25, 0.3) is 0 Å². The van der Waals surface area contributed by atoms with Crippen molar-refractivity contribution in [3.05, 3.63) is 57.4 Å². The summed E-state index contributed by atoms with van der Waals surface area (Å²) in [5.74, 6) is -0.850. The fourth-order valence-electron chi connectivity index (χ4n) is 3.31. The van der Waals surface area contributed by atoms with Gasteiger partial charge in [0.05, 0.1) is 16.2 Å². The van der Waals surface area contributed by atoms with Crippen molar-refractivity contribution in [2.45, 2.75) is 32.8 Å². The van der Waals surface area contributed by atoms with Crippen LogP contribution in [0, 0.1) is 16.0 Å². The molecule has 1 unspecified atom stereocenters. The van der Waals surface area contributed by atoms with Crippen LogP contribution >= 0.6 is 11.6 Å². The molecular weight excluding hydrogens is 424 g/mol. The largest absolute Gasteiger partial charge is 0.449 e. The molecule has 1 N–H and O–H groups in total. The number of piperidine rings is 1. The van der Waals surface area contributed by atoms with Gasteiger partial charge in [0, 0.05) is 25.4 Å². The Morgan fingerprint density at radius 3 is 2.68 bits per heavy atom. The lowest BCUT2D eigenvalue weighted by Crippen LogP contribution is -2.33. The summed E-state index contributed by atoms with van der Waals surface area (Å²) in [6.45, 7) is 5.00. The van der Waals surface area contributed by atoms with Gasteiger partial charge >= 0.3 is 5.97 Å². The molecule has 1 fully saturated rings. The fourth-order valence-corrected chi connectivity index (χ4v) is 3.48. The quantitative estimate of drug-likeness (QED) is 0.308. The summed E-state index contributed by atoms with van der Waals surface area (Å²) in [5.41, 5.74) is 0.599. The first-order valence-corrected chi connectivity index (χ1v) is 10.3. The first-order chi connectivity index (χ1) is 14.8. The lowest BCUT2D eigenvalue weighted by atomic mass is 9.98. The van der Waals surface area contributed by atoms with Gasteiger partial charge in [-0.05, 0) is 49.9 Å². The van der Waals surface area contributed by atoms with Crippen molar-refractivity contribution in [3.8, 4) is 0 Å². The Hall–Kier alpha value is -3.20. The Bertz CT molecular complexity index is 991. The molecule has 0 aliphatic carbocycles. The predicted molar refractivity (Wildman–Crippen MR) is 116 cm³/mol. The van der Waals surface area contributed by atoms with Gasteiger partial charge in [-0.15, -0.1) is 0 Å². The number of esters is 1. The summed E-state index contributed by atoms with van der Waals surface area (Å²) in [4.78, 5) is 41.7. The van der Waals surface area contributed by atoms with Gasteiger partial charge in [0.1, 0.15) is 5.69 Å². The van der Waals surface area contributed by atoms with Crippen LogP contribution in [-0.2, 0) is 9.53 Å². The fraction of sp³-hybridized carbons (Fsp3) is 0.381. The minimum atomic E-state index is -1.15. The number of amides is 1. The lowest BCUT2D eigenvalue weighted by Gasteiger charge is -2.31. The zero-order valence-electron chi connectivity index (χ0n) is 17.2. The summed E-state index contributed by atoms with van der Waals surface area (Å²) >= 11 is 5.91. The van der Waals surface area contributed by atoms with Crippen LogP contribution in [0.4, 0.5) is 17.1 Å². The Kier molecular flexibility index (Phi) is 7.06. The molecule has 1 aromatic heterocycles. The van der Waals surface area contributed by atoms with Crippen LogP contribution in [0.15, 0.2) is 36.5 Å². The Labute approximate surface area is 184 Å². The van der Waals surface area contributed by atoms with E-state index in [0.29, 0.717) is 11.6 Å². The standard InChI is InChI=1S/C21H23ClN4O5/c1-13-7-10-25(11-8-13)17-6-5-15(12-18(17)26(29)30)21(28)31-14(2)20(27)24-16-4-3-9-23-19(16)22/h3-6,9,12-14H,7-8,10-11H2,1-2H3,(H,24,27). The average Bonchev–Trinajstić information content (AvgIpc) is 2.75. The second-order valence-electron chi connectivity index (χ2n) is 7.51. The number of hydrogen-bond acceptors (Lipinski definition) is 7. The molecule has 10 heteroatoms. The molecule has 1 aliphatic heterocycles. The van der Waals surface area contributed by atoms with Gasteiger partial charge in [0.25, 0.3) is 11.6 Å². The summed E-state index contributed by atoms with van der Waals surface area (Å²) in [7, 11) is 0. The molecule has 2 heterocycles. The number of benzene rings is 1. The minimum absolute atomic E-state index is 0.000104. The number of anilines is 2. The molecule has 31 heavy (non-hydrogen) atoms. The summed E-state index contributed by atoms with van der Waals surface area (Å²) in [6, 6.07) is 7.39. The third-order valence-electron chi connectivity index (χ3n) is 5.20. The van der Waals surface area contributed by atoms with E-state index >= 15 is 0 Å². The van der Waals surface area contributed by atoms with Crippen LogP contribution in [-0.4, -0.2) is 41.0 Å². The van der Waals surface area contributed by atoms with Crippen LogP contribution in [0.5, 0.6) is 0 Å². The number of ether oxygens (including phenoxy) is 1. The molecule has 164 valence electrons. The molecule has 1 saturated heterocycles. The number of rotatable bonds is 6. The Morgan fingerprint density at radius 1 is 1.32 bits per heavy atom. The van der Waals surface area contributed by atoms with E-state index < -0.39 is 22.9 Å². The molecule has 1 amide bonds. The van der Waals surface area contributed by atoms with Crippen molar-refractivity contribution in [2.75, 3.05) is 23.3 Å². The number of pyridine rings is 1. The highest BCUT2D eigenvalue weighted by Gasteiger charge is 2.26. The molecule has 1 atom stereocenters. The van der Waals surface area contributed by atoms with Gasteiger partial charge in [-0.1, -0.05) is 18.5 Å². The topological polar surface area (TPSA) is 115 Å². The molecular formula is C21H23ClN4O5. The van der Waals surface area contributed by atoms with E-state index in [4.69, 9.17) is 16.3 Å². The minimum Gasteiger partial charge on any atom is -0.449 e. The van der Waals surface area contributed by atoms with E-state index in [0.717, 1.165) is 25.9 Å². The third-order valence-corrected chi connectivity index (χ3v) is 5.50. The number of hydrogen-bond donors (Lipinski definition) is 1. The molecule has 0 spiro atoms. The lowest BCUT2D eigenvalue weighted by molar-refractivity contribution is -0.384. The first kappa shape index (κ1) is 22.5. The van der Waals surface area contributed by atoms with Crippen molar-refractivity contribution >= 4 is 40.5 Å².